The van der Waals surface area contributed by atoms with Gasteiger partial charge in [0.05, 0.1) is 18.6 Å². The van der Waals surface area contributed by atoms with Crippen LogP contribution in [0.15, 0.2) is 30.3 Å². The average molecular weight is 244 g/mol. The lowest BCUT2D eigenvalue weighted by Gasteiger charge is -2.31. The third kappa shape index (κ3) is 3.56. The Morgan fingerprint density at radius 3 is 2.89 bits per heavy atom. The van der Waals surface area contributed by atoms with Crippen LogP contribution in [-0.2, 0) is 4.74 Å². The van der Waals surface area contributed by atoms with Crippen LogP contribution in [0.1, 0.15) is 37.8 Å². The van der Waals surface area contributed by atoms with Crippen LogP contribution in [0.25, 0.3) is 0 Å². The van der Waals surface area contributed by atoms with Crippen LogP contribution in [0.2, 0.25) is 0 Å². The number of ether oxygens (including phenoxy) is 1. The van der Waals surface area contributed by atoms with Gasteiger partial charge < -0.3 is 10.1 Å². The van der Waals surface area contributed by atoms with Gasteiger partial charge in [-0.15, -0.1) is 0 Å². The first kappa shape index (κ1) is 13.1. The van der Waals surface area contributed by atoms with Crippen molar-refractivity contribution in [3.05, 3.63) is 35.9 Å². The lowest BCUT2D eigenvalue weighted by Crippen LogP contribution is -2.39. The molecule has 0 aliphatic carbocycles. The van der Waals surface area contributed by atoms with Crippen molar-refractivity contribution in [2.45, 2.75) is 44.4 Å². The van der Waals surface area contributed by atoms with Gasteiger partial charge in [-0.25, -0.2) is 0 Å². The summed E-state index contributed by atoms with van der Waals surface area (Å²) in [5, 5.41) is 12.6. The molecule has 1 aliphatic rings. The van der Waals surface area contributed by atoms with E-state index in [0.717, 1.165) is 19.4 Å². The highest BCUT2D eigenvalue weighted by Gasteiger charge is 2.22. The van der Waals surface area contributed by atoms with E-state index in [1.165, 1.54) is 5.56 Å². The topological polar surface area (TPSA) is 45.0 Å². The van der Waals surface area contributed by atoms with Crippen LogP contribution in [0, 0.1) is 11.3 Å². The average Bonchev–Trinajstić information content (AvgIpc) is 2.39. The van der Waals surface area contributed by atoms with Gasteiger partial charge in [0.15, 0.2) is 0 Å². The molecule has 3 heteroatoms. The van der Waals surface area contributed by atoms with E-state index in [4.69, 9.17) is 10.00 Å². The maximum atomic E-state index is 8.96. The van der Waals surface area contributed by atoms with Gasteiger partial charge >= 0.3 is 0 Å². The first-order valence-corrected chi connectivity index (χ1v) is 6.59. The Morgan fingerprint density at radius 2 is 2.22 bits per heavy atom. The smallest absolute Gasteiger partial charge is 0.0641 e. The van der Waals surface area contributed by atoms with E-state index in [9.17, 15) is 0 Å². The monoisotopic (exact) mass is 244 g/mol. The van der Waals surface area contributed by atoms with Gasteiger partial charge in [0.1, 0.15) is 0 Å². The van der Waals surface area contributed by atoms with E-state index in [0.29, 0.717) is 18.6 Å². The zero-order valence-corrected chi connectivity index (χ0v) is 10.8. The van der Waals surface area contributed by atoms with Crippen LogP contribution >= 0.6 is 0 Å². The van der Waals surface area contributed by atoms with Crippen molar-refractivity contribution in [3.8, 4) is 6.07 Å². The van der Waals surface area contributed by atoms with Gasteiger partial charge in [-0.2, -0.15) is 5.26 Å². The second-order valence-corrected chi connectivity index (χ2v) is 4.89. The number of benzene rings is 1. The van der Waals surface area contributed by atoms with Crippen LogP contribution in [0.4, 0.5) is 0 Å². The lowest BCUT2D eigenvalue weighted by atomic mass is 9.99. The molecule has 1 saturated heterocycles. The van der Waals surface area contributed by atoms with Gasteiger partial charge in [0.25, 0.3) is 0 Å². The maximum absolute atomic E-state index is 8.96. The molecule has 18 heavy (non-hydrogen) atoms. The predicted octanol–water partition coefficient (Wildman–Crippen LogP) is 2.80. The van der Waals surface area contributed by atoms with Crippen molar-refractivity contribution in [3.63, 3.8) is 0 Å². The molecule has 3 unspecified atom stereocenters. The molecule has 0 bridgehead atoms. The highest BCUT2D eigenvalue weighted by molar-refractivity contribution is 5.20. The summed E-state index contributed by atoms with van der Waals surface area (Å²) >= 11 is 0. The molecule has 96 valence electrons. The van der Waals surface area contributed by atoms with Crippen molar-refractivity contribution >= 4 is 0 Å². The van der Waals surface area contributed by atoms with Crippen LogP contribution in [0.3, 0.4) is 0 Å². The molecule has 1 aromatic carbocycles. The molecule has 1 aliphatic heterocycles. The number of hydrogen-bond donors (Lipinski definition) is 1. The Bertz CT molecular complexity index is 399. The lowest BCUT2D eigenvalue weighted by molar-refractivity contribution is 0.0113. The Labute approximate surface area is 109 Å². The summed E-state index contributed by atoms with van der Waals surface area (Å²) in [6, 6.07) is 13.1. The number of nitrogens with one attached hydrogen (secondary N) is 1. The normalized spacial score (nSPS) is 25.3. The first-order valence-electron chi connectivity index (χ1n) is 6.59. The molecular weight excluding hydrogens is 224 g/mol. The van der Waals surface area contributed by atoms with E-state index in [1.807, 2.05) is 18.2 Å². The minimum atomic E-state index is 0.131. The third-order valence-electron chi connectivity index (χ3n) is 3.42. The second kappa shape index (κ2) is 6.53. The summed E-state index contributed by atoms with van der Waals surface area (Å²) in [4.78, 5) is 0. The van der Waals surface area contributed by atoms with E-state index in [2.05, 4.69) is 30.4 Å². The standard InChI is InChI=1S/C15H20N2O/c1-12-11-14(8-10-18-12)17-15(7-9-16)13-5-3-2-4-6-13/h2-6,12,14-15,17H,7-8,10-11H2,1H3. The van der Waals surface area contributed by atoms with Gasteiger partial charge in [0, 0.05) is 18.7 Å². The molecule has 1 aromatic rings. The van der Waals surface area contributed by atoms with E-state index in [1.54, 1.807) is 0 Å². The minimum Gasteiger partial charge on any atom is -0.378 e. The number of nitrogens with zero attached hydrogens (tertiary/aromatic N) is 1. The van der Waals surface area contributed by atoms with Crippen LogP contribution in [-0.4, -0.2) is 18.8 Å². The Morgan fingerprint density at radius 1 is 1.44 bits per heavy atom. The summed E-state index contributed by atoms with van der Waals surface area (Å²) < 4.78 is 5.55. The van der Waals surface area contributed by atoms with Crippen molar-refractivity contribution in [1.29, 1.82) is 5.26 Å². The highest BCUT2D eigenvalue weighted by Crippen LogP contribution is 2.21. The molecule has 2 rings (SSSR count). The summed E-state index contributed by atoms with van der Waals surface area (Å²) in [5.41, 5.74) is 1.19. The Balaban J connectivity index is 2.00. The fourth-order valence-corrected chi connectivity index (χ4v) is 2.48. The van der Waals surface area contributed by atoms with Crippen molar-refractivity contribution in [2.24, 2.45) is 0 Å². The largest absolute Gasteiger partial charge is 0.378 e. The van der Waals surface area contributed by atoms with Crippen LogP contribution < -0.4 is 5.32 Å². The highest BCUT2D eigenvalue weighted by atomic mass is 16.5. The molecule has 0 aromatic heterocycles. The summed E-state index contributed by atoms with van der Waals surface area (Å²) in [6.07, 6.45) is 2.87. The first-order chi connectivity index (χ1) is 8.79. The summed E-state index contributed by atoms with van der Waals surface area (Å²) in [6.45, 7) is 2.92. The molecule has 1 N–H and O–H groups in total. The fourth-order valence-electron chi connectivity index (χ4n) is 2.48. The molecule has 1 heterocycles. The fraction of sp³-hybridized carbons (Fsp3) is 0.533. The molecule has 0 amide bonds. The summed E-state index contributed by atoms with van der Waals surface area (Å²) in [7, 11) is 0. The van der Waals surface area contributed by atoms with E-state index >= 15 is 0 Å². The van der Waals surface area contributed by atoms with Crippen molar-refractivity contribution < 1.29 is 4.74 Å². The zero-order chi connectivity index (χ0) is 12.8. The maximum Gasteiger partial charge on any atom is 0.0641 e. The molecule has 1 fully saturated rings. The van der Waals surface area contributed by atoms with Crippen molar-refractivity contribution in [1.82, 2.24) is 5.32 Å². The molecule has 3 atom stereocenters. The zero-order valence-electron chi connectivity index (χ0n) is 10.8. The second-order valence-electron chi connectivity index (χ2n) is 4.89. The molecule has 0 spiro atoms. The predicted molar refractivity (Wildman–Crippen MR) is 71.0 cm³/mol. The SMILES string of the molecule is CC1CC(NC(CC#N)c2ccccc2)CCO1. The quantitative estimate of drug-likeness (QED) is 0.885. The Hall–Kier alpha value is -1.37. The van der Waals surface area contributed by atoms with E-state index < -0.39 is 0 Å². The van der Waals surface area contributed by atoms with E-state index in [-0.39, 0.29) is 6.04 Å². The number of rotatable bonds is 4. The molecule has 0 saturated carbocycles. The minimum absolute atomic E-state index is 0.131. The Kier molecular flexibility index (Phi) is 4.74. The molecule has 0 radical (unpaired) electrons. The number of nitriles is 1. The summed E-state index contributed by atoms with van der Waals surface area (Å²) in [5.74, 6) is 0. The van der Waals surface area contributed by atoms with Crippen LogP contribution in [0.5, 0.6) is 0 Å². The van der Waals surface area contributed by atoms with Gasteiger partial charge in [-0.3, -0.25) is 0 Å². The molecule has 3 nitrogen and oxygen atoms in total. The van der Waals surface area contributed by atoms with Crippen molar-refractivity contribution in [2.75, 3.05) is 6.61 Å². The number of hydrogen-bond acceptors (Lipinski definition) is 3. The van der Waals surface area contributed by atoms with Gasteiger partial charge in [-0.1, -0.05) is 30.3 Å². The van der Waals surface area contributed by atoms with Gasteiger partial charge in [-0.05, 0) is 25.3 Å². The molecular formula is C15H20N2O. The van der Waals surface area contributed by atoms with Gasteiger partial charge in [0.2, 0.25) is 0 Å². The third-order valence-corrected chi connectivity index (χ3v) is 3.42.